The Labute approximate surface area is 120 Å². The third-order valence-corrected chi connectivity index (χ3v) is 3.46. The number of hydrogen-bond acceptors (Lipinski definition) is 3. The van der Waals surface area contributed by atoms with Gasteiger partial charge in [0.25, 0.3) is 5.56 Å². The summed E-state index contributed by atoms with van der Waals surface area (Å²) in [6, 6.07) is 0. The minimum atomic E-state index is -0.351. The van der Waals surface area contributed by atoms with E-state index in [1.165, 1.54) is 34.6 Å². The van der Waals surface area contributed by atoms with Gasteiger partial charge >= 0.3 is 5.69 Å². The van der Waals surface area contributed by atoms with E-state index in [4.69, 9.17) is 5.73 Å². The summed E-state index contributed by atoms with van der Waals surface area (Å²) >= 11 is 0. The highest BCUT2D eigenvalue weighted by atomic mass is 16.2. The molecule has 0 amide bonds. The fraction of sp³-hybridized carbons (Fsp3) is 0.733. The van der Waals surface area contributed by atoms with Crippen LogP contribution >= 0.6 is 0 Å². The van der Waals surface area contributed by atoms with Crippen LogP contribution in [-0.4, -0.2) is 9.13 Å². The van der Waals surface area contributed by atoms with Crippen molar-refractivity contribution in [1.82, 2.24) is 9.13 Å². The molecule has 0 atom stereocenters. The zero-order chi connectivity index (χ0) is 15.0. The molecule has 0 bridgehead atoms. The minimum absolute atomic E-state index is 0.157. The summed E-state index contributed by atoms with van der Waals surface area (Å²) in [6.45, 7) is 5.24. The van der Waals surface area contributed by atoms with Gasteiger partial charge in [0.2, 0.25) is 0 Å². The monoisotopic (exact) mass is 281 g/mol. The summed E-state index contributed by atoms with van der Waals surface area (Å²) in [7, 11) is 0. The zero-order valence-corrected chi connectivity index (χ0v) is 12.7. The number of nitrogens with two attached hydrogens (primary N) is 1. The van der Waals surface area contributed by atoms with E-state index >= 15 is 0 Å². The fourth-order valence-electron chi connectivity index (χ4n) is 2.32. The van der Waals surface area contributed by atoms with Gasteiger partial charge in [-0.25, -0.2) is 4.79 Å². The van der Waals surface area contributed by atoms with Gasteiger partial charge < -0.3 is 5.73 Å². The van der Waals surface area contributed by atoms with Gasteiger partial charge in [0, 0.05) is 19.3 Å². The molecule has 0 saturated heterocycles. The topological polar surface area (TPSA) is 70.0 Å². The van der Waals surface area contributed by atoms with Gasteiger partial charge in [-0.3, -0.25) is 13.9 Å². The van der Waals surface area contributed by atoms with Crippen LogP contribution in [0.25, 0.3) is 0 Å². The highest BCUT2D eigenvalue weighted by molar-refractivity contribution is 5.30. The van der Waals surface area contributed by atoms with Crippen molar-refractivity contribution < 1.29 is 0 Å². The molecule has 0 aliphatic rings. The van der Waals surface area contributed by atoms with Gasteiger partial charge in [0.05, 0.1) is 0 Å². The first-order chi connectivity index (χ1) is 9.61. The van der Waals surface area contributed by atoms with Crippen molar-refractivity contribution in [2.75, 3.05) is 5.73 Å². The molecule has 0 aliphatic heterocycles. The van der Waals surface area contributed by atoms with Crippen LogP contribution in [0.2, 0.25) is 0 Å². The number of hydrogen-bond donors (Lipinski definition) is 1. The molecule has 0 aromatic carbocycles. The molecule has 0 fully saturated rings. The Morgan fingerprint density at radius 2 is 1.60 bits per heavy atom. The maximum absolute atomic E-state index is 12.2. The van der Waals surface area contributed by atoms with Crippen LogP contribution in [0.5, 0.6) is 0 Å². The van der Waals surface area contributed by atoms with Gasteiger partial charge in [-0.15, -0.1) is 0 Å². The molecule has 0 spiro atoms. The lowest BCUT2D eigenvalue weighted by Crippen LogP contribution is -2.40. The second-order valence-corrected chi connectivity index (χ2v) is 5.28. The first-order valence-corrected chi connectivity index (χ1v) is 7.71. The van der Waals surface area contributed by atoms with Crippen LogP contribution in [0.3, 0.4) is 0 Å². The van der Waals surface area contributed by atoms with Gasteiger partial charge in [0.15, 0.2) is 0 Å². The predicted molar refractivity (Wildman–Crippen MR) is 83.0 cm³/mol. The molecular weight excluding hydrogens is 254 g/mol. The molecule has 0 unspecified atom stereocenters. The van der Waals surface area contributed by atoms with Crippen molar-refractivity contribution in [1.29, 1.82) is 0 Å². The number of unbranched alkanes of at least 4 members (excludes halogenated alkanes) is 5. The Morgan fingerprint density at radius 3 is 2.25 bits per heavy atom. The SMILES string of the molecule is CCCCCCCCn1c(=O)c(N)cn(CCC)c1=O. The van der Waals surface area contributed by atoms with Crippen molar-refractivity contribution in [2.45, 2.75) is 71.9 Å². The summed E-state index contributed by atoms with van der Waals surface area (Å²) < 4.78 is 2.82. The Kier molecular flexibility index (Phi) is 7.12. The molecule has 1 heterocycles. The van der Waals surface area contributed by atoms with E-state index in [9.17, 15) is 9.59 Å². The average Bonchev–Trinajstić information content (AvgIpc) is 2.43. The summed E-state index contributed by atoms with van der Waals surface area (Å²) in [4.78, 5) is 24.1. The van der Waals surface area contributed by atoms with Crippen LogP contribution in [0.1, 0.15) is 58.8 Å². The van der Waals surface area contributed by atoms with E-state index in [1.807, 2.05) is 6.92 Å². The number of aromatic nitrogens is 2. The highest BCUT2D eigenvalue weighted by Gasteiger charge is 2.08. The van der Waals surface area contributed by atoms with Crippen molar-refractivity contribution in [3.63, 3.8) is 0 Å². The second kappa shape index (κ2) is 8.61. The highest BCUT2D eigenvalue weighted by Crippen LogP contribution is 2.05. The van der Waals surface area contributed by atoms with Crippen molar-refractivity contribution >= 4 is 5.69 Å². The Morgan fingerprint density at radius 1 is 0.950 bits per heavy atom. The molecule has 0 radical (unpaired) electrons. The lowest BCUT2D eigenvalue weighted by molar-refractivity contribution is 0.506. The number of nitrogen functional groups attached to an aromatic ring is 1. The smallest absolute Gasteiger partial charge is 0.331 e. The molecule has 1 aromatic rings. The molecule has 1 aromatic heterocycles. The van der Waals surface area contributed by atoms with Crippen molar-refractivity contribution in [3.05, 3.63) is 27.0 Å². The first kappa shape index (κ1) is 16.5. The lowest BCUT2D eigenvalue weighted by Gasteiger charge is -2.10. The van der Waals surface area contributed by atoms with Crippen LogP contribution in [0, 0.1) is 0 Å². The predicted octanol–water partition coefficient (Wildman–Crippen LogP) is 2.36. The lowest BCUT2D eigenvalue weighted by atomic mass is 10.1. The van der Waals surface area contributed by atoms with Gasteiger partial charge in [-0.1, -0.05) is 46.0 Å². The standard InChI is InChI=1S/C15H27N3O2/c1-3-5-6-7-8-9-11-18-14(19)13(16)12-17(10-4-2)15(18)20/h12H,3-11,16H2,1-2H3. The molecule has 2 N–H and O–H groups in total. The molecule has 5 heteroatoms. The summed E-state index contributed by atoms with van der Waals surface area (Å²) in [6.07, 6.45) is 9.07. The van der Waals surface area contributed by atoms with Crippen LogP contribution < -0.4 is 17.0 Å². The molecule has 0 aliphatic carbocycles. The molecular formula is C15H27N3O2. The molecule has 5 nitrogen and oxygen atoms in total. The van der Waals surface area contributed by atoms with E-state index in [1.54, 1.807) is 0 Å². The molecule has 0 saturated carbocycles. The minimum Gasteiger partial charge on any atom is -0.393 e. The summed E-state index contributed by atoms with van der Waals surface area (Å²) in [5, 5.41) is 0. The van der Waals surface area contributed by atoms with Gasteiger partial charge in [-0.05, 0) is 12.8 Å². The van der Waals surface area contributed by atoms with E-state index in [2.05, 4.69) is 6.92 Å². The van der Waals surface area contributed by atoms with Crippen LogP contribution in [-0.2, 0) is 13.1 Å². The molecule has 1 rings (SSSR count). The maximum atomic E-state index is 12.2. The largest absolute Gasteiger partial charge is 0.393 e. The average molecular weight is 281 g/mol. The van der Waals surface area contributed by atoms with Crippen molar-refractivity contribution in [2.24, 2.45) is 0 Å². The number of anilines is 1. The number of aryl methyl sites for hydroxylation is 1. The zero-order valence-electron chi connectivity index (χ0n) is 12.7. The third-order valence-electron chi connectivity index (χ3n) is 3.46. The Hall–Kier alpha value is -1.52. The first-order valence-electron chi connectivity index (χ1n) is 7.71. The second-order valence-electron chi connectivity index (χ2n) is 5.28. The van der Waals surface area contributed by atoms with E-state index in [0.29, 0.717) is 13.1 Å². The van der Waals surface area contributed by atoms with Crippen LogP contribution in [0.15, 0.2) is 15.8 Å². The van der Waals surface area contributed by atoms with E-state index in [0.717, 1.165) is 25.7 Å². The van der Waals surface area contributed by atoms with E-state index < -0.39 is 0 Å². The van der Waals surface area contributed by atoms with E-state index in [-0.39, 0.29) is 16.9 Å². The maximum Gasteiger partial charge on any atom is 0.331 e. The van der Waals surface area contributed by atoms with Gasteiger partial charge in [-0.2, -0.15) is 0 Å². The molecule has 20 heavy (non-hydrogen) atoms. The Bertz CT molecular complexity index is 517. The van der Waals surface area contributed by atoms with Gasteiger partial charge in [0.1, 0.15) is 5.69 Å². The quantitative estimate of drug-likeness (QED) is 0.706. The summed E-state index contributed by atoms with van der Waals surface area (Å²) in [5.74, 6) is 0. The fourth-order valence-corrected chi connectivity index (χ4v) is 2.32. The number of rotatable bonds is 9. The third kappa shape index (κ3) is 4.54. The Balaban J connectivity index is 2.69. The normalized spacial score (nSPS) is 10.9. The molecule has 114 valence electrons. The van der Waals surface area contributed by atoms with Crippen molar-refractivity contribution in [3.8, 4) is 0 Å². The van der Waals surface area contributed by atoms with Crippen LogP contribution in [0.4, 0.5) is 5.69 Å². The summed E-state index contributed by atoms with van der Waals surface area (Å²) in [5.41, 5.74) is 5.27. The number of nitrogens with zero attached hydrogens (tertiary/aromatic N) is 2.